The van der Waals surface area contributed by atoms with Crippen molar-refractivity contribution in [2.24, 2.45) is 13.0 Å². The number of nitrogens with zero attached hydrogens (tertiary/aromatic N) is 2. The molecule has 8 nitrogen and oxygen atoms in total. The van der Waals surface area contributed by atoms with Gasteiger partial charge in [0.1, 0.15) is 10.5 Å². The van der Waals surface area contributed by atoms with Gasteiger partial charge in [-0.05, 0) is 47.0 Å². The van der Waals surface area contributed by atoms with Crippen LogP contribution in [0.15, 0.2) is 4.90 Å². The molecule has 0 aliphatic carbocycles. The minimum Gasteiger partial charge on any atom is -0.462 e. The van der Waals surface area contributed by atoms with Crippen LogP contribution in [0, 0.1) is 19.8 Å². The molecule has 1 aromatic heterocycles. The minimum absolute atomic E-state index is 0.0125. The Labute approximate surface area is 173 Å². The second kappa shape index (κ2) is 9.30. The van der Waals surface area contributed by atoms with Crippen molar-refractivity contribution in [3.8, 4) is 0 Å². The van der Waals surface area contributed by atoms with E-state index in [-0.39, 0.29) is 48.0 Å². The quantitative estimate of drug-likeness (QED) is 0.672. The van der Waals surface area contributed by atoms with E-state index in [1.165, 1.54) is 4.31 Å². The zero-order valence-corrected chi connectivity index (χ0v) is 19.1. The van der Waals surface area contributed by atoms with Crippen molar-refractivity contribution < 1.29 is 22.7 Å². The summed E-state index contributed by atoms with van der Waals surface area (Å²) >= 11 is 0. The summed E-state index contributed by atoms with van der Waals surface area (Å²) in [4.78, 5) is 24.9. The molecule has 1 fully saturated rings. The molecule has 0 spiro atoms. The second-order valence-electron chi connectivity index (χ2n) is 7.65. The molecule has 1 atom stereocenters. The van der Waals surface area contributed by atoms with Crippen molar-refractivity contribution in [1.29, 1.82) is 0 Å². The summed E-state index contributed by atoms with van der Waals surface area (Å²) in [5.74, 6) is -0.843. The number of rotatable bonds is 7. The van der Waals surface area contributed by atoms with Gasteiger partial charge in [-0.25, -0.2) is 13.2 Å². The number of piperidine rings is 1. The molecule has 0 saturated carbocycles. The van der Waals surface area contributed by atoms with E-state index in [2.05, 4.69) is 5.32 Å². The van der Waals surface area contributed by atoms with Gasteiger partial charge in [-0.2, -0.15) is 4.31 Å². The van der Waals surface area contributed by atoms with Gasteiger partial charge in [0, 0.05) is 43.5 Å². The largest absolute Gasteiger partial charge is 0.462 e. The van der Waals surface area contributed by atoms with Gasteiger partial charge >= 0.3 is 5.97 Å². The number of sulfonamides is 1. The van der Waals surface area contributed by atoms with E-state index in [9.17, 15) is 18.0 Å². The molecule has 29 heavy (non-hydrogen) atoms. The molecule has 9 heteroatoms. The first-order valence-electron chi connectivity index (χ1n) is 10.2. The molecule has 164 valence electrons. The summed E-state index contributed by atoms with van der Waals surface area (Å²) in [6, 6.07) is 0.103. The normalized spacial score (nSPS) is 17.2. The molecule has 1 N–H and O–H groups in total. The third kappa shape index (κ3) is 4.66. The van der Waals surface area contributed by atoms with Crippen LogP contribution in [0.5, 0.6) is 0 Å². The summed E-state index contributed by atoms with van der Waals surface area (Å²) in [5.41, 5.74) is 1.16. The number of nitrogens with one attached hydrogen (secondary N) is 1. The smallest absolute Gasteiger partial charge is 0.341 e. The molecule has 1 aromatic rings. The Morgan fingerprint density at radius 2 is 1.76 bits per heavy atom. The Morgan fingerprint density at radius 3 is 2.28 bits per heavy atom. The monoisotopic (exact) mass is 427 g/mol. The molecule has 1 aliphatic heterocycles. The Balaban J connectivity index is 2.26. The number of ether oxygens (including phenoxy) is 1. The van der Waals surface area contributed by atoms with Crippen molar-refractivity contribution >= 4 is 21.9 Å². The summed E-state index contributed by atoms with van der Waals surface area (Å²) < 4.78 is 35.0. The highest BCUT2D eigenvalue weighted by Gasteiger charge is 2.38. The zero-order valence-electron chi connectivity index (χ0n) is 18.2. The lowest BCUT2D eigenvalue weighted by Crippen LogP contribution is -2.44. The van der Waals surface area contributed by atoms with Crippen molar-refractivity contribution in [3.63, 3.8) is 0 Å². The van der Waals surface area contributed by atoms with Gasteiger partial charge < -0.3 is 14.6 Å². The van der Waals surface area contributed by atoms with Gasteiger partial charge in [0.2, 0.25) is 15.9 Å². The van der Waals surface area contributed by atoms with E-state index in [0.717, 1.165) is 6.42 Å². The molecule has 1 saturated heterocycles. The van der Waals surface area contributed by atoms with E-state index in [0.29, 0.717) is 24.2 Å². The molecule has 2 rings (SSSR count). The van der Waals surface area contributed by atoms with Crippen LogP contribution in [0.4, 0.5) is 0 Å². The number of hydrogen-bond donors (Lipinski definition) is 1. The second-order valence-corrected chi connectivity index (χ2v) is 9.53. The van der Waals surface area contributed by atoms with E-state index < -0.39 is 16.0 Å². The molecule has 0 radical (unpaired) electrons. The first-order valence-corrected chi connectivity index (χ1v) is 11.6. The molecule has 2 heterocycles. The van der Waals surface area contributed by atoms with E-state index in [1.807, 2.05) is 13.8 Å². The van der Waals surface area contributed by atoms with Crippen LogP contribution >= 0.6 is 0 Å². The molecule has 0 unspecified atom stereocenters. The fraction of sp³-hybridized carbons (Fsp3) is 0.700. The fourth-order valence-electron chi connectivity index (χ4n) is 3.63. The van der Waals surface area contributed by atoms with Crippen LogP contribution in [0.2, 0.25) is 0 Å². The maximum absolute atomic E-state index is 13.4. The van der Waals surface area contributed by atoms with Crippen LogP contribution in [0.3, 0.4) is 0 Å². The highest BCUT2D eigenvalue weighted by Crippen LogP contribution is 2.32. The third-order valence-corrected chi connectivity index (χ3v) is 7.89. The first-order chi connectivity index (χ1) is 13.6. The van der Waals surface area contributed by atoms with Crippen LogP contribution in [-0.4, -0.2) is 54.9 Å². The molecule has 1 aliphatic rings. The maximum Gasteiger partial charge on any atom is 0.341 e. The van der Waals surface area contributed by atoms with E-state index in [1.54, 1.807) is 32.4 Å². The molecule has 0 bridgehead atoms. The number of carbonyl (C=O) groups excluding carboxylic acids is 2. The van der Waals surface area contributed by atoms with Gasteiger partial charge in [0.15, 0.2) is 0 Å². The van der Waals surface area contributed by atoms with Crippen molar-refractivity contribution in [2.45, 2.75) is 64.8 Å². The van der Waals surface area contributed by atoms with Crippen molar-refractivity contribution in [1.82, 2.24) is 14.2 Å². The Kier molecular flexibility index (Phi) is 7.50. The van der Waals surface area contributed by atoms with E-state index >= 15 is 0 Å². The van der Waals surface area contributed by atoms with Crippen LogP contribution < -0.4 is 5.32 Å². The molecule has 0 aromatic carbocycles. The van der Waals surface area contributed by atoms with Crippen LogP contribution in [0.25, 0.3) is 0 Å². The van der Waals surface area contributed by atoms with Crippen molar-refractivity contribution in [2.75, 3.05) is 19.7 Å². The number of hydrogen-bond acceptors (Lipinski definition) is 5. The molecular weight excluding hydrogens is 394 g/mol. The summed E-state index contributed by atoms with van der Waals surface area (Å²) in [6.07, 6.45) is 1.77. The third-order valence-electron chi connectivity index (χ3n) is 5.83. The number of aromatic nitrogens is 1. The molecular formula is C20H33N3O5S. The van der Waals surface area contributed by atoms with Gasteiger partial charge in [-0.15, -0.1) is 0 Å². The average molecular weight is 428 g/mol. The maximum atomic E-state index is 13.4. The lowest BCUT2D eigenvalue weighted by atomic mass is 9.97. The van der Waals surface area contributed by atoms with Crippen molar-refractivity contribution in [3.05, 3.63) is 17.0 Å². The lowest BCUT2D eigenvalue weighted by molar-refractivity contribution is -0.126. The Bertz CT molecular complexity index is 867. The van der Waals surface area contributed by atoms with E-state index in [4.69, 9.17) is 4.74 Å². The standard InChI is InChI=1S/C20H33N3O5S/c1-7-13(3)21-19(24)16-9-11-23(12-10-16)29(26,27)18-15(5)22(6)14(4)17(18)20(25)28-8-2/h13,16H,7-12H2,1-6H3,(H,21,24)/t13-/m0/s1. The number of carbonyl (C=O) groups is 2. The lowest BCUT2D eigenvalue weighted by Gasteiger charge is -2.31. The van der Waals surface area contributed by atoms with Gasteiger partial charge in [-0.3, -0.25) is 4.79 Å². The fourth-order valence-corrected chi connectivity index (χ4v) is 5.58. The van der Waals surface area contributed by atoms with Crippen LogP contribution in [0.1, 0.15) is 61.8 Å². The van der Waals surface area contributed by atoms with Gasteiger partial charge in [-0.1, -0.05) is 6.92 Å². The minimum atomic E-state index is -3.89. The average Bonchev–Trinajstić information content (AvgIpc) is 2.92. The van der Waals surface area contributed by atoms with Crippen LogP contribution in [-0.2, 0) is 26.6 Å². The topological polar surface area (TPSA) is 97.7 Å². The summed E-state index contributed by atoms with van der Waals surface area (Å²) in [5, 5.41) is 2.97. The Hall–Kier alpha value is -1.87. The SMILES string of the molecule is CCOC(=O)c1c(S(=O)(=O)N2CCC(C(=O)N[C@@H](C)CC)CC2)c(C)n(C)c1C. The van der Waals surface area contributed by atoms with Gasteiger partial charge in [0.25, 0.3) is 0 Å². The number of esters is 1. The predicted molar refractivity (Wildman–Crippen MR) is 110 cm³/mol. The summed E-state index contributed by atoms with van der Waals surface area (Å²) in [7, 11) is -2.15. The van der Waals surface area contributed by atoms with Gasteiger partial charge in [0.05, 0.1) is 6.61 Å². The first kappa shape index (κ1) is 23.4. The molecule has 1 amide bonds. The number of amides is 1. The Morgan fingerprint density at radius 1 is 1.17 bits per heavy atom. The summed E-state index contributed by atoms with van der Waals surface area (Å²) in [6.45, 7) is 9.71. The zero-order chi connectivity index (χ0) is 21.9. The predicted octanol–water partition coefficient (Wildman–Crippen LogP) is 2.13. The highest BCUT2D eigenvalue weighted by atomic mass is 32.2. The highest BCUT2D eigenvalue weighted by molar-refractivity contribution is 7.89.